The van der Waals surface area contributed by atoms with E-state index in [4.69, 9.17) is 4.84 Å². The SMILES string of the molecule is O=C(ONc1ccc(N=NC(=O)c2ccccn2)cc1)c1ccc(Br)cc1. The lowest BCUT2D eigenvalue weighted by Crippen LogP contribution is -2.10. The highest BCUT2D eigenvalue weighted by Crippen LogP contribution is 2.18. The van der Waals surface area contributed by atoms with Crippen LogP contribution in [0.1, 0.15) is 20.8 Å². The summed E-state index contributed by atoms with van der Waals surface area (Å²) in [6, 6.07) is 18.3. The summed E-state index contributed by atoms with van der Waals surface area (Å²) in [5.41, 5.74) is 4.23. The zero-order valence-corrected chi connectivity index (χ0v) is 15.5. The third-order valence-corrected chi connectivity index (χ3v) is 3.88. The molecule has 0 fully saturated rings. The number of azo groups is 1. The van der Waals surface area contributed by atoms with Gasteiger partial charge < -0.3 is 4.84 Å². The molecule has 0 aliphatic rings. The number of hydrogen-bond acceptors (Lipinski definition) is 6. The molecule has 27 heavy (non-hydrogen) atoms. The number of nitrogens with zero attached hydrogens (tertiary/aromatic N) is 3. The van der Waals surface area contributed by atoms with E-state index >= 15 is 0 Å². The minimum Gasteiger partial charge on any atom is -0.338 e. The van der Waals surface area contributed by atoms with Crippen LogP contribution in [-0.4, -0.2) is 16.9 Å². The lowest BCUT2D eigenvalue weighted by Gasteiger charge is -2.06. The molecule has 2 aromatic carbocycles. The van der Waals surface area contributed by atoms with Gasteiger partial charge >= 0.3 is 11.9 Å². The summed E-state index contributed by atoms with van der Waals surface area (Å²) < 4.78 is 0.873. The molecule has 1 aromatic heterocycles. The lowest BCUT2D eigenvalue weighted by atomic mass is 10.2. The van der Waals surface area contributed by atoms with Gasteiger partial charge in [-0.1, -0.05) is 22.0 Å². The van der Waals surface area contributed by atoms with E-state index in [0.717, 1.165) is 4.47 Å². The molecule has 0 aliphatic heterocycles. The van der Waals surface area contributed by atoms with E-state index in [1.807, 2.05) is 0 Å². The van der Waals surface area contributed by atoms with Gasteiger partial charge in [0.2, 0.25) is 0 Å². The Morgan fingerprint density at radius 1 is 0.963 bits per heavy atom. The number of halogens is 1. The molecule has 134 valence electrons. The fraction of sp³-hybridized carbons (Fsp3) is 0. The largest absolute Gasteiger partial charge is 0.362 e. The van der Waals surface area contributed by atoms with Crippen LogP contribution in [0.4, 0.5) is 11.4 Å². The lowest BCUT2D eigenvalue weighted by molar-refractivity contribution is 0.0596. The Kier molecular flexibility index (Phi) is 6.01. The summed E-state index contributed by atoms with van der Waals surface area (Å²) in [6.45, 7) is 0. The van der Waals surface area contributed by atoms with E-state index < -0.39 is 11.9 Å². The molecule has 0 atom stereocenters. The van der Waals surface area contributed by atoms with Crippen molar-refractivity contribution in [1.29, 1.82) is 0 Å². The van der Waals surface area contributed by atoms with Gasteiger partial charge in [0.1, 0.15) is 5.69 Å². The summed E-state index contributed by atoms with van der Waals surface area (Å²) in [4.78, 5) is 32.7. The smallest absolute Gasteiger partial charge is 0.338 e. The number of aromatic nitrogens is 1. The third kappa shape index (κ3) is 5.29. The molecule has 0 saturated carbocycles. The highest BCUT2D eigenvalue weighted by Gasteiger charge is 2.07. The minimum atomic E-state index is -0.527. The number of pyridine rings is 1. The number of nitrogens with one attached hydrogen (secondary N) is 1. The van der Waals surface area contributed by atoms with Gasteiger partial charge in [-0.25, -0.2) is 10.3 Å². The fourth-order valence-electron chi connectivity index (χ4n) is 1.99. The number of carbonyl (C=O) groups excluding carboxylic acids is 2. The highest BCUT2D eigenvalue weighted by atomic mass is 79.9. The minimum absolute atomic E-state index is 0.222. The Bertz CT molecular complexity index is 959. The molecule has 0 bridgehead atoms. The average molecular weight is 425 g/mol. The molecular formula is C19H13BrN4O3. The van der Waals surface area contributed by atoms with Crippen molar-refractivity contribution in [3.05, 3.63) is 88.7 Å². The summed E-state index contributed by atoms with van der Waals surface area (Å²) in [7, 11) is 0. The normalized spacial score (nSPS) is 10.6. The zero-order valence-electron chi connectivity index (χ0n) is 13.9. The third-order valence-electron chi connectivity index (χ3n) is 3.35. The molecule has 3 aromatic rings. The Morgan fingerprint density at radius 3 is 2.37 bits per heavy atom. The number of amides is 1. The molecule has 8 heteroatoms. The van der Waals surface area contributed by atoms with Gasteiger partial charge in [-0.05, 0) is 60.7 Å². The van der Waals surface area contributed by atoms with Crippen molar-refractivity contribution < 1.29 is 14.4 Å². The van der Waals surface area contributed by atoms with Gasteiger partial charge in [-0.15, -0.1) is 10.2 Å². The number of anilines is 1. The van der Waals surface area contributed by atoms with Crippen LogP contribution in [0.25, 0.3) is 0 Å². The number of hydrogen-bond donors (Lipinski definition) is 1. The molecule has 1 N–H and O–H groups in total. The fourth-order valence-corrected chi connectivity index (χ4v) is 2.25. The van der Waals surface area contributed by atoms with E-state index in [2.05, 4.69) is 36.6 Å². The molecular weight excluding hydrogens is 412 g/mol. The van der Waals surface area contributed by atoms with Crippen LogP contribution in [0.5, 0.6) is 0 Å². The summed E-state index contributed by atoms with van der Waals surface area (Å²) in [5, 5.41) is 7.50. The first kappa shape index (κ1) is 18.4. The van der Waals surface area contributed by atoms with Crippen molar-refractivity contribution >= 4 is 39.2 Å². The number of carbonyl (C=O) groups is 2. The molecule has 0 aliphatic carbocycles. The Labute approximate surface area is 163 Å². The second-order valence-corrected chi connectivity index (χ2v) is 6.18. The molecule has 0 saturated heterocycles. The second-order valence-electron chi connectivity index (χ2n) is 5.27. The molecule has 1 amide bonds. The van der Waals surface area contributed by atoms with Gasteiger partial charge in [0.15, 0.2) is 0 Å². The molecule has 0 radical (unpaired) electrons. The van der Waals surface area contributed by atoms with E-state index in [0.29, 0.717) is 16.9 Å². The van der Waals surface area contributed by atoms with Crippen molar-refractivity contribution in [2.24, 2.45) is 10.2 Å². The van der Waals surface area contributed by atoms with Crippen molar-refractivity contribution in [2.75, 3.05) is 5.48 Å². The topological polar surface area (TPSA) is 93.0 Å². The maximum Gasteiger partial charge on any atom is 0.362 e. The van der Waals surface area contributed by atoms with E-state index in [1.165, 1.54) is 6.20 Å². The first-order valence-electron chi connectivity index (χ1n) is 7.82. The average Bonchev–Trinajstić information content (AvgIpc) is 2.72. The maximum atomic E-state index is 11.9. The number of benzene rings is 2. The highest BCUT2D eigenvalue weighted by molar-refractivity contribution is 9.10. The second kappa shape index (κ2) is 8.81. The van der Waals surface area contributed by atoms with Crippen molar-refractivity contribution in [1.82, 2.24) is 4.98 Å². The Balaban J connectivity index is 1.55. The van der Waals surface area contributed by atoms with E-state index in [-0.39, 0.29) is 5.69 Å². The van der Waals surface area contributed by atoms with Crippen LogP contribution in [0, 0.1) is 0 Å². The zero-order chi connectivity index (χ0) is 19.1. The first-order valence-corrected chi connectivity index (χ1v) is 8.61. The van der Waals surface area contributed by atoms with Crippen molar-refractivity contribution in [2.45, 2.75) is 0 Å². The van der Waals surface area contributed by atoms with Crippen molar-refractivity contribution in [3.8, 4) is 0 Å². The van der Waals surface area contributed by atoms with Crippen LogP contribution >= 0.6 is 15.9 Å². The summed E-state index contributed by atoms with van der Waals surface area (Å²) >= 11 is 3.30. The van der Waals surface area contributed by atoms with Crippen LogP contribution in [0.2, 0.25) is 0 Å². The van der Waals surface area contributed by atoms with Crippen molar-refractivity contribution in [3.63, 3.8) is 0 Å². The number of rotatable bonds is 5. The van der Waals surface area contributed by atoms with Gasteiger partial charge in [0.25, 0.3) is 0 Å². The molecule has 3 rings (SSSR count). The molecule has 1 heterocycles. The molecule has 0 unspecified atom stereocenters. The maximum absolute atomic E-state index is 11.9. The van der Waals surface area contributed by atoms with E-state index in [9.17, 15) is 9.59 Å². The Hall–Kier alpha value is -3.39. The predicted octanol–water partition coefficient (Wildman–Crippen LogP) is 4.95. The quantitative estimate of drug-likeness (QED) is 0.461. The van der Waals surface area contributed by atoms with Gasteiger partial charge in [0.05, 0.1) is 16.9 Å². The van der Waals surface area contributed by atoms with Gasteiger partial charge in [-0.3, -0.25) is 9.78 Å². The Morgan fingerprint density at radius 2 is 1.70 bits per heavy atom. The summed E-state index contributed by atoms with van der Waals surface area (Å²) in [6.07, 6.45) is 1.51. The standard InChI is InChI=1S/C19H13BrN4O3/c20-14-6-4-13(5-7-14)19(26)27-24-16-10-8-15(9-11-16)22-23-18(25)17-3-1-2-12-21-17/h1-12,24H. The summed E-state index contributed by atoms with van der Waals surface area (Å²) in [5.74, 6) is -1.03. The van der Waals surface area contributed by atoms with Crippen LogP contribution in [0.15, 0.2) is 87.6 Å². The van der Waals surface area contributed by atoms with Crippen LogP contribution in [0.3, 0.4) is 0 Å². The predicted molar refractivity (Wildman–Crippen MR) is 103 cm³/mol. The van der Waals surface area contributed by atoms with Crippen LogP contribution < -0.4 is 5.48 Å². The van der Waals surface area contributed by atoms with Gasteiger partial charge in [-0.2, -0.15) is 0 Å². The first-order chi connectivity index (χ1) is 13.1. The van der Waals surface area contributed by atoms with Gasteiger partial charge in [0, 0.05) is 10.7 Å². The monoisotopic (exact) mass is 424 g/mol. The molecule has 0 spiro atoms. The molecule has 7 nitrogen and oxygen atoms in total. The van der Waals surface area contributed by atoms with E-state index in [1.54, 1.807) is 66.7 Å². The van der Waals surface area contributed by atoms with Crippen LogP contribution in [-0.2, 0) is 4.84 Å².